The first-order valence-corrected chi connectivity index (χ1v) is 10.6. The van der Waals surface area contributed by atoms with Gasteiger partial charge in [-0.3, -0.25) is 9.78 Å². The minimum atomic E-state index is -0.120. The largest absolute Gasteiger partial charge is 0.352 e. The Balaban J connectivity index is 1.93. The van der Waals surface area contributed by atoms with Gasteiger partial charge in [-0.2, -0.15) is 0 Å². The van der Waals surface area contributed by atoms with Crippen molar-refractivity contribution in [3.05, 3.63) is 41.7 Å². The van der Waals surface area contributed by atoms with Crippen LogP contribution >= 0.6 is 0 Å². The minimum absolute atomic E-state index is 0.0713. The SMILES string of the molecule is CC1=CC(CNC(=O)NC(C)C)C(C(C)C)CC1CC(=O)NCc1cccnc1. The van der Waals surface area contributed by atoms with Crippen molar-refractivity contribution in [3.8, 4) is 0 Å². The number of nitrogens with zero attached hydrogens (tertiary/aromatic N) is 1. The molecular weight excluding hydrogens is 364 g/mol. The van der Waals surface area contributed by atoms with Crippen LogP contribution in [0.3, 0.4) is 0 Å². The lowest BCUT2D eigenvalue weighted by Crippen LogP contribution is -2.43. The first-order chi connectivity index (χ1) is 13.8. The molecule has 1 aliphatic rings. The maximum absolute atomic E-state index is 12.5. The van der Waals surface area contributed by atoms with Gasteiger partial charge in [0, 0.05) is 37.9 Å². The van der Waals surface area contributed by atoms with E-state index in [1.165, 1.54) is 5.57 Å². The molecule has 0 saturated carbocycles. The van der Waals surface area contributed by atoms with Crippen molar-refractivity contribution in [2.45, 2.75) is 60.0 Å². The van der Waals surface area contributed by atoms with E-state index in [-0.39, 0.29) is 23.9 Å². The number of allylic oxidation sites excluding steroid dienone is 1. The highest BCUT2D eigenvalue weighted by Crippen LogP contribution is 2.38. The molecule has 0 fully saturated rings. The quantitative estimate of drug-likeness (QED) is 0.583. The maximum atomic E-state index is 12.5. The third-order valence-electron chi connectivity index (χ3n) is 5.65. The van der Waals surface area contributed by atoms with Crippen LogP contribution in [0.2, 0.25) is 0 Å². The number of pyridine rings is 1. The van der Waals surface area contributed by atoms with E-state index in [1.54, 1.807) is 12.4 Å². The average Bonchev–Trinajstić information content (AvgIpc) is 2.66. The van der Waals surface area contributed by atoms with Gasteiger partial charge in [0.25, 0.3) is 0 Å². The fourth-order valence-corrected chi connectivity index (χ4v) is 4.03. The molecule has 0 bridgehead atoms. The lowest BCUT2D eigenvalue weighted by Gasteiger charge is -2.37. The molecule has 29 heavy (non-hydrogen) atoms. The Morgan fingerprint density at radius 3 is 2.59 bits per heavy atom. The van der Waals surface area contributed by atoms with Gasteiger partial charge in [0.2, 0.25) is 5.91 Å². The predicted molar refractivity (Wildman–Crippen MR) is 116 cm³/mol. The average molecular weight is 401 g/mol. The third kappa shape index (κ3) is 7.52. The molecule has 3 unspecified atom stereocenters. The molecule has 1 aliphatic carbocycles. The summed E-state index contributed by atoms with van der Waals surface area (Å²) in [7, 11) is 0. The molecule has 160 valence electrons. The molecule has 1 aromatic heterocycles. The number of aromatic nitrogens is 1. The van der Waals surface area contributed by atoms with Crippen LogP contribution < -0.4 is 16.0 Å². The van der Waals surface area contributed by atoms with Gasteiger partial charge in [-0.05, 0) is 62.5 Å². The summed E-state index contributed by atoms with van der Waals surface area (Å²) in [5.74, 6) is 1.54. The van der Waals surface area contributed by atoms with E-state index in [4.69, 9.17) is 0 Å². The van der Waals surface area contributed by atoms with E-state index in [9.17, 15) is 9.59 Å². The zero-order valence-corrected chi connectivity index (χ0v) is 18.4. The number of nitrogens with one attached hydrogen (secondary N) is 3. The van der Waals surface area contributed by atoms with Crippen LogP contribution in [0.4, 0.5) is 4.79 Å². The highest BCUT2D eigenvalue weighted by atomic mass is 16.2. The smallest absolute Gasteiger partial charge is 0.315 e. The minimum Gasteiger partial charge on any atom is -0.352 e. The molecule has 0 saturated heterocycles. The molecule has 2 rings (SSSR count). The number of carbonyl (C=O) groups is 2. The molecule has 0 aromatic carbocycles. The maximum Gasteiger partial charge on any atom is 0.315 e. The number of hydrogen-bond acceptors (Lipinski definition) is 3. The summed E-state index contributed by atoms with van der Waals surface area (Å²) in [6, 6.07) is 3.83. The van der Waals surface area contributed by atoms with Crippen LogP contribution in [0.1, 0.15) is 53.0 Å². The number of amides is 3. The molecule has 6 heteroatoms. The predicted octanol–water partition coefficient (Wildman–Crippen LogP) is 3.65. The van der Waals surface area contributed by atoms with Gasteiger partial charge in [-0.1, -0.05) is 31.6 Å². The second kappa shape index (κ2) is 11.0. The fraction of sp³-hybridized carbons (Fsp3) is 0.609. The van der Waals surface area contributed by atoms with Gasteiger partial charge >= 0.3 is 6.03 Å². The Morgan fingerprint density at radius 2 is 1.97 bits per heavy atom. The van der Waals surface area contributed by atoms with Crippen molar-refractivity contribution in [3.63, 3.8) is 0 Å². The van der Waals surface area contributed by atoms with Crippen LogP contribution in [0, 0.1) is 23.7 Å². The number of urea groups is 1. The second-order valence-corrected chi connectivity index (χ2v) is 8.77. The van der Waals surface area contributed by atoms with E-state index in [0.29, 0.717) is 37.3 Å². The lowest BCUT2D eigenvalue weighted by atomic mass is 9.70. The summed E-state index contributed by atoms with van der Waals surface area (Å²) < 4.78 is 0. The number of carbonyl (C=O) groups excluding carboxylic acids is 2. The topological polar surface area (TPSA) is 83.1 Å². The van der Waals surface area contributed by atoms with Gasteiger partial charge in [0.1, 0.15) is 0 Å². The fourth-order valence-electron chi connectivity index (χ4n) is 4.03. The third-order valence-corrected chi connectivity index (χ3v) is 5.65. The molecule has 3 N–H and O–H groups in total. The van der Waals surface area contributed by atoms with Crippen molar-refractivity contribution in [2.75, 3.05) is 6.54 Å². The van der Waals surface area contributed by atoms with Crippen molar-refractivity contribution in [1.29, 1.82) is 0 Å². The Morgan fingerprint density at radius 1 is 1.21 bits per heavy atom. The van der Waals surface area contributed by atoms with Crippen molar-refractivity contribution >= 4 is 11.9 Å². The summed E-state index contributed by atoms with van der Waals surface area (Å²) in [6.07, 6.45) is 7.24. The van der Waals surface area contributed by atoms with E-state index in [0.717, 1.165) is 12.0 Å². The summed E-state index contributed by atoms with van der Waals surface area (Å²) in [5, 5.41) is 8.88. The molecule has 3 amide bonds. The van der Waals surface area contributed by atoms with E-state index in [1.807, 2.05) is 26.0 Å². The van der Waals surface area contributed by atoms with Gasteiger partial charge in [-0.25, -0.2) is 4.79 Å². The summed E-state index contributed by atoms with van der Waals surface area (Å²) in [5.41, 5.74) is 2.25. The van der Waals surface area contributed by atoms with Gasteiger partial charge < -0.3 is 16.0 Å². The zero-order valence-electron chi connectivity index (χ0n) is 18.4. The number of rotatable bonds is 8. The highest BCUT2D eigenvalue weighted by molar-refractivity contribution is 5.76. The van der Waals surface area contributed by atoms with E-state index < -0.39 is 0 Å². The Kier molecular flexibility index (Phi) is 8.68. The summed E-state index contributed by atoms with van der Waals surface area (Å²) in [4.78, 5) is 28.5. The van der Waals surface area contributed by atoms with Crippen LogP contribution in [0.15, 0.2) is 36.2 Å². The van der Waals surface area contributed by atoms with Crippen molar-refractivity contribution in [2.24, 2.45) is 23.7 Å². The van der Waals surface area contributed by atoms with Crippen LogP contribution in [0.5, 0.6) is 0 Å². The first-order valence-electron chi connectivity index (χ1n) is 10.6. The van der Waals surface area contributed by atoms with Gasteiger partial charge in [0.15, 0.2) is 0 Å². The zero-order chi connectivity index (χ0) is 21.4. The van der Waals surface area contributed by atoms with E-state index >= 15 is 0 Å². The molecule has 0 aliphatic heterocycles. The molecule has 1 heterocycles. The van der Waals surface area contributed by atoms with Crippen molar-refractivity contribution in [1.82, 2.24) is 20.9 Å². The summed E-state index contributed by atoms with van der Waals surface area (Å²) in [6.45, 7) is 11.6. The second-order valence-electron chi connectivity index (χ2n) is 8.77. The molecular formula is C23H36N4O2. The molecule has 6 nitrogen and oxygen atoms in total. The molecule has 3 atom stereocenters. The number of hydrogen-bond donors (Lipinski definition) is 3. The van der Waals surface area contributed by atoms with Crippen LogP contribution in [0.25, 0.3) is 0 Å². The first kappa shape index (κ1) is 22.9. The Labute approximate surface area is 174 Å². The molecule has 0 radical (unpaired) electrons. The van der Waals surface area contributed by atoms with Crippen LogP contribution in [-0.2, 0) is 11.3 Å². The van der Waals surface area contributed by atoms with Gasteiger partial charge in [0.05, 0.1) is 0 Å². The summed E-state index contributed by atoms with van der Waals surface area (Å²) >= 11 is 0. The normalized spacial score (nSPS) is 21.6. The molecule has 1 aromatic rings. The van der Waals surface area contributed by atoms with E-state index in [2.05, 4.69) is 47.8 Å². The lowest BCUT2D eigenvalue weighted by molar-refractivity contribution is -0.122. The highest BCUT2D eigenvalue weighted by Gasteiger charge is 2.32. The monoisotopic (exact) mass is 400 g/mol. The van der Waals surface area contributed by atoms with Crippen LogP contribution in [-0.4, -0.2) is 29.5 Å². The molecule has 0 spiro atoms. The van der Waals surface area contributed by atoms with Gasteiger partial charge in [-0.15, -0.1) is 0 Å². The Bertz CT molecular complexity index is 700. The standard InChI is InChI=1S/C23H36N4O2/c1-15(2)21-10-19(11-22(28)25-13-18-7-6-8-24-12-18)17(5)9-20(21)14-26-23(29)27-16(3)4/h6-9,12,15-16,19-21H,10-11,13-14H2,1-5H3,(H,25,28)(H2,26,27,29). The van der Waals surface area contributed by atoms with Crippen molar-refractivity contribution < 1.29 is 9.59 Å². The Hall–Kier alpha value is -2.37.